The van der Waals surface area contributed by atoms with Crippen molar-refractivity contribution in [2.45, 2.75) is 70.8 Å². The smallest absolute Gasteiger partial charge is 0.226 e. The standard InChI is InChI=1S/C22H29N5OS2/c1-6-10-27-20(25-26-21(27)29-13-19-24-23-18(7-2)28-19)17-12-14-11-15(22(3,4)5)8-9-16(14)30-17/h6,12,15H,1,7-11,13H2,2-5H3. The lowest BCUT2D eigenvalue weighted by Gasteiger charge is -2.33. The van der Waals surface area contributed by atoms with E-state index in [0.717, 1.165) is 36.2 Å². The highest BCUT2D eigenvalue weighted by molar-refractivity contribution is 7.98. The Morgan fingerprint density at radius 1 is 1.27 bits per heavy atom. The maximum atomic E-state index is 5.62. The molecule has 8 heteroatoms. The van der Waals surface area contributed by atoms with Crippen molar-refractivity contribution < 1.29 is 4.42 Å². The van der Waals surface area contributed by atoms with E-state index in [4.69, 9.17) is 4.42 Å². The number of allylic oxidation sites excluding steroid dienone is 1. The van der Waals surface area contributed by atoms with Crippen molar-refractivity contribution in [1.82, 2.24) is 25.0 Å². The maximum Gasteiger partial charge on any atom is 0.226 e. The molecule has 160 valence electrons. The number of thiophene rings is 1. The van der Waals surface area contributed by atoms with Crippen LogP contribution in [0, 0.1) is 11.3 Å². The van der Waals surface area contributed by atoms with Crippen molar-refractivity contribution in [3.8, 4) is 10.7 Å². The van der Waals surface area contributed by atoms with Gasteiger partial charge in [-0.05, 0) is 42.2 Å². The summed E-state index contributed by atoms with van der Waals surface area (Å²) in [5, 5.41) is 18.0. The molecule has 0 aliphatic heterocycles. The van der Waals surface area contributed by atoms with Crippen LogP contribution in [0.4, 0.5) is 0 Å². The zero-order valence-electron chi connectivity index (χ0n) is 18.1. The Morgan fingerprint density at radius 2 is 2.07 bits per heavy atom. The zero-order chi connectivity index (χ0) is 21.3. The molecule has 0 fully saturated rings. The molecule has 1 aliphatic carbocycles. The molecule has 3 aromatic rings. The fraction of sp³-hybridized carbons (Fsp3) is 0.545. The van der Waals surface area contributed by atoms with Crippen LogP contribution >= 0.6 is 23.1 Å². The van der Waals surface area contributed by atoms with Gasteiger partial charge in [0.2, 0.25) is 11.8 Å². The summed E-state index contributed by atoms with van der Waals surface area (Å²) in [5.41, 5.74) is 1.83. The van der Waals surface area contributed by atoms with Gasteiger partial charge in [0.05, 0.1) is 10.6 Å². The van der Waals surface area contributed by atoms with Crippen LogP contribution in [0.1, 0.15) is 56.3 Å². The van der Waals surface area contributed by atoms with E-state index >= 15 is 0 Å². The molecule has 30 heavy (non-hydrogen) atoms. The molecular weight excluding hydrogens is 414 g/mol. The lowest BCUT2D eigenvalue weighted by Crippen LogP contribution is -2.26. The van der Waals surface area contributed by atoms with Crippen LogP contribution in [0.25, 0.3) is 10.7 Å². The lowest BCUT2D eigenvalue weighted by molar-refractivity contribution is 0.217. The van der Waals surface area contributed by atoms with E-state index in [1.54, 1.807) is 11.8 Å². The SMILES string of the molecule is C=CCn1c(SCc2nnc(CC)o2)nnc1-c1cc2c(s1)CCC(C(C)(C)C)C2. The van der Waals surface area contributed by atoms with E-state index in [-0.39, 0.29) is 0 Å². The zero-order valence-corrected chi connectivity index (χ0v) is 19.8. The van der Waals surface area contributed by atoms with Crippen LogP contribution in [0.2, 0.25) is 0 Å². The minimum atomic E-state index is 0.346. The van der Waals surface area contributed by atoms with Crippen molar-refractivity contribution in [3.63, 3.8) is 0 Å². The topological polar surface area (TPSA) is 69.6 Å². The molecule has 0 N–H and O–H groups in total. The molecule has 0 spiro atoms. The molecule has 0 radical (unpaired) electrons. The minimum Gasteiger partial charge on any atom is -0.424 e. The van der Waals surface area contributed by atoms with E-state index in [1.807, 2.05) is 24.3 Å². The minimum absolute atomic E-state index is 0.346. The Balaban J connectivity index is 1.56. The molecule has 0 saturated carbocycles. The summed E-state index contributed by atoms with van der Waals surface area (Å²) < 4.78 is 7.75. The van der Waals surface area contributed by atoms with Gasteiger partial charge in [-0.25, -0.2) is 0 Å². The summed E-state index contributed by atoms with van der Waals surface area (Å²) in [4.78, 5) is 2.70. The molecule has 1 unspecified atom stereocenters. The number of hydrogen-bond donors (Lipinski definition) is 0. The first-order valence-corrected chi connectivity index (χ1v) is 12.3. The first kappa shape index (κ1) is 21.3. The van der Waals surface area contributed by atoms with Crippen LogP contribution in [-0.2, 0) is 31.6 Å². The van der Waals surface area contributed by atoms with E-state index in [1.165, 1.54) is 21.7 Å². The van der Waals surface area contributed by atoms with E-state index in [2.05, 4.69) is 58.4 Å². The van der Waals surface area contributed by atoms with E-state index in [9.17, 15) is 0 Å². The Kier molecular flexibility index (Phi) is 6.16. The van der Waals surface area contributed by atoms with Gasteiger partial charge in [-0.2, -0.15) is 0 Å². The second-order valence-electron chi connectivity index (χ2n) is 8.80. The van der Waals surface area contributed by atoms with Crippen LogP contribution in [-0.4, -0.2) is 25.0 Å². The van der Waals surface area contributed by atoms with Crippen molar-refractivity contribution in [3.05, 3.63) is 40.9 Å². The predicted molar refractivity (Wildman–Crippen MR) is 122 cm³/mol. The van der Waals surface area contributed by atoms with Crippen LogP contribution in [0.5, 0.6) is 0 Å². The van der Waals surface area contributed by atoms with Gasteiger partial charge in [0.15, 0.2) is 11.0 Å². The maximum absolute atomic E-state index is 5.62. The molecule has 0 amide bonds. The molecule has 3 heterocycles. The molecule has 1 aliphatic rings. The Morgan fingerprint density at radius 3 is 2.77 bits per heavy atom. The summed E-state index contributed by atoms with van der Waals surface area (Å²) >= 11 is 3.44. The second kappa shape index (κ2) is 8.67. The number of nitrogens with zero attached hydrogens (tertiary/aromatic N) is 5. The average molecular weight is 444 g/mol. The van der Waals surface area contributed by atoms with Crippen LogP contribution in [0.15, 0.2) is 28.3 Å². The van der Waals surface area contributed by atoms with Gasteiger partial charge in [0.1, 0.15) is 0 Å². The Hall–Kier alpha value is -1.93. The van der Waals surface area contributed by atoms with Gasteiger partial charge in [-0.15, -0.1) is 38.3 Å². The van der Waals surface area contributed by atoms with Gasteiger partial charge in [0.25, 0.3) is 0 Å². The number of thioether (sulfide) groups is 1. The molecule has 3 aromatic heterocycles. The van der Waals surface area contributed by atoms with E-state index in [0.29, 0.717) is 29.5 Å². The molecule has 0 saturated heterocycles. The van der Waals surface area contributed by atoms with Crippen LogP contribution in [0.3, 0.4) is 0 Å². The summed E-state index contributed by atoms with van der Waals surface area (Å²) in [5.74, 6) is 3.51. The monoisotopic (exact) mass is 443 g/mol. The molecule has 0 aromatic carbocycles. The van der Waals surface area contributed by atoms with Gasteiger partial charge in [0, 0.05) is 17.8 Å². The molecular formula is C22H29N5OS2. The second-order valence-corrected chi connectivity index (χ2v) is 10.9. The van der Waals surface area contributed by atoms with Gasteiger partial charge >= 0.3 is 0 Å². The fourth-order valence-electron chi connectivity index (χ4n) is 3.86. The first-order chi connectivity index (χ1) is 14.4. The highest BCUT2D eigenvalue weighted by atomic mass is 32.2. The highest BCUT2D eigenvalue weighted by Crippen LogP contribution is 2.42. The van der Waals surface area contributed by atoms with E-state index < -0.39 is 0 Å². The van der Waals surface area contributed by atoms with Crippen molar-refractivity contribution in [2.24, 2.45) is 11.3 Å². The largest absolute Gasteiger partial charge is 0.424 e. The van der Waals surface area contributed by atoms with Crippen molar-refractivity contribution >= 4 is 23.1 Å². The third-order valence-corrected chi connectivity index (χ3v) is 7.88. The summed E-state index contributed by atoms with van der Waals surface area (Å²) in [6.45, 7) is 13.7. The third kappa shape index (κ3) is 4.39. The third-order valence-electron chi connectivity index (χ3n) is 5.69. The quantitative estimate of drug-likeness (QED) is 0.351. The number of hydrogen-bond acceptors (Lipinski definition) is 7. The van der Waals surface area contributed by atoms with Gasteiger partial charge < -0.3 is 4.42 Å². The predicted octanol–water partition coefficient (Wildman–Crippen LogP) is 5.58. The summed E-state index contributed by atoms with van der Waals surface area (Å²) in [6, 6.07) is 2.33. The molecule has 0 bridgehead atoms. The Labute approximate surface area is 186 Å². The molecule has 6 nitrogen and oxygen atoms in total. The van der Waals surface area contributed by atoms with Crippen molar-refractivity contribution in [2.75, 3.05) is 0 Å². The number of aromatic nitrogens is 5. The Bertz CT molecular complexity index is 1030. The van der Waals surface area contributed by atoms with Gasteiger partial charge in [-0.3, -0.25) is 4.57 Å². The number of fused-ring (bicyclic) bond motifs is 1. The normalized spacial score (nSPS) is 16.6. The fourth-order valence-corrected chi connectivity index (χ4v) is 5.85. The molecule has 4 rings (SSSR count). The summed E-state index contributed by atoms with van der Waals surface area (Å²) in [7, 11) is 0. The van der Waals surface area contributed by atoms with Gasteiger partial charge in [-0.1, -0.05) is 45.5 Å². The average Bonchev–Trinajstić information content (AvgIpc) is 3.43. The first-order valence-electron chi connectivity index (χ1n) is 10.5. The van der Waals surface area contributed by atoms with Crippen LogP contribution < -0.4 is 0 Å². The number of aryl methyl sites for hydroxylation is 2. The molecule has 1 atom stereocenters. The summed E-state index contributed by atoms with van der Waals surface area (Å²) in [6.07, 6.45) is 6.22. The highest BCUT2D eigenvalue weighted by Gasteiger charge is 2.30. The van der Waals surface area contributed by atoms with Crippen molar-refractivity contribution in [1.29, 1.82) is 0 Å². The lowest BCUT2D eigenvalue weighted by atomic mass is 9.72. The number of rotatable bonds is 7.